The maximum absolute atomic E-state index is 12.8. The van der Waals surface area contributed by atoms with Crippen LogP contribution in [0, 0.1) is 0 Å². The van der Waals surface area contributed by atoms with Crippen LogP contribution in [-0.4, -0.2) is 32.7 Å². The normalized spacial score (nSPS) is 13.6. The van der Waals surface area contributed by atoms with E-state index < -0.39 is 0 Å². The van der Waals surface area contributed by atoms with Crippen LogP contribution >= 0.6 is 0 Å². The number of hydrogen-bond donors (Lipinski definition) is 3. The van der Waals surface area contributed by atoms with Gasteiger partial charge in [-0.25, -0.2) is 14.5 Å². The van der Waals surface area contributed by atoms with E-state index in [1.807, 2.05) is 72.8 Å². The highest BCUT2D eigenvalue weighted by Gasteiger charge is 2.19. The summed E-state index contributed by atoms with van der Waals surface area (Å²) in [5.41, 5.74) is 3.04. The van der Waals surface area contributed by atoms with Crippen LogP contribution < -0.4 is 16.0 Å². The molecule has 1 aliphatic carbocycles. The van der Waals surface area contributed by atoms with E-state index >= 15 is 0 Å². The van der Waals surface area contributed by atoms with E-state index in [0.717, 1.165) is 36.8 Å². The second kappa shape index (κ2) is 11.5. The zero-order chi connectivity index (χ0) is 25.5. The number of nitrogens with zero attached hydrogens (tertiary/aromatic N) is 3. The van der Waals surface area contributed by atoms with Gasteiger partial charge in [-0.1, -0.05) is 67.8 Å². The van der Waals surface area contributed by atoms with Gasteiger partial charge in [-0.15, -0.1) is 5.10 Å². The van der Waals surface area contributed by atoms with Crippen LogP contribution in [0.15, 0.2) is 84.9 Å². The van der Waals surface area contributed by atoms with E-state index in [1.165, 1.54) is 6.42 Å². The molecule has 8 heteroatoms. The Labute approximate surface area is 216 Å². The highest BCUT2D eigenvalue weighted by atomic mass is 16.2. The van der Waals surface area contributed by atoms with Gasteiger partial charge in [0.25, 0.3) is 0 Å². The summed E-state index contributed by atoms with van der Waals surface area (Å²) in [6, 6.07) is 26.2. The third kappa shape index (κ3) is 6.41. The van der Waals surface area contributed by atoms with Crippen LogP contribution in [-0.2, 0) is 11.3 Å². The summed E-state index contributed by atoms with van der Waals surface area (Å²) in [5, 5.41) is 13.5. The van der Waals surface area contributed by atoms with Crippen molar-refractivity contribution in [2.75, 3.05) is 10.6 Å². The molecule has 0 spiro atoms. The van der Waals surface area contributed by atoms with Crippen LogP contribution in [0.4, 0.5) is 16.2 Å². The lowest BCUT2D eigenvalue weighted by atomic mass is 9.95. The number of anilines is 2. The maximum atomic E-state index is 12.8. The molecule has 0 atom stereocenters. The Morgan fingerprint density at radius 3 is 2.05 bits per heavy atom. The Bertz CT molecular complexity index is 1330. The van der Waals surface area contributed by atoms with Crippen molar-refractivity contribution in [3.8, 4) is 22.8 Å². The molecule has 0 radical (unpaired) electrons. The minimum atomic E-state index is -0.323. The Morgan fingerprint density at radius 2 is 1.38 bits per heavy atom. The molecule has 0 aliphatic heterocycles. The summed E-state index contributed by atoms with van der Waals surface area (Å²) in [6.45, 7) is 0.104. The number of nitrogens with one attached hydrogen (secondary N) is 3. The first kappa shape index (κ1) is 24.2. The number of para-hydroxylation sites is 1. The lowest BCUT2D eigenvalue weighted by molar-refractivity contribution is -0.122. The highest BCUT2D eigenvalue weighted by molar-refractivity contribution is 5.99. The van der Waals surface area contributed by atoms with Gasteiger partial charge in [0.2, 0.25) is 5.91 Å². The number of carbonyl (C=O) groups excluding carboxylic acids is 2. The van der Waals surface area contributed by atoms with E-state index in [1.54, 1.807) is 16.8 Å². The molecule has 3 N–H and O–H groups in total. The number of urea groups is 1. The van der Waals surface area contributed by atoms with Crippen molar-refractivity contribution in [2.24, 2.45) is 0 Å². The van der Waals surface area contributed by atoms with Crippen molar-refractivity contribution in [1.82, 2.24) is 20.1 Å². The zero-order valence-electron chi connectivity index (χ0n) is 20.6. The Balaban J connectivity index is 1.31. The zero-order valence-corrected chi connectivity index (χ0v) is 20.6. The monoisotopic (exact) mass is 494 g/mol. The fourth-order valence-electron chi connectivity index (χ4n) is 4.55. The van der Waals surface area contributed by atoms with Gasteiger partial charge < -0.3 is 16.0 Å². The lowest BCUT2D eigenvalue weighted by Crippen LogP contribution is -2.38. The third-order valence-electron chi connectivity index (χ3n) is 6.40. The van der Waals surface area contributed by atoms with Crippen molar-refractivity contribution >= 4 is 23.3 Å². The number of rotatable bonds is 7. The van der Waals surface area contributed by atoms with Gasteiger partial charge in [-0.3, -0.25) is 4.79 Å². The molecular weight excluding hydrogens is 464 g/mol. The van der Waals surface area contributed by atoms with Crippen LogP contribution in [0.2, 0.25) is 0 Å². The number of amides is 3. The minimum absolute atomic E-state index is 0.0514. The third-order valence-corrected chi connectivity index (χ3v) is 6.40. The number of benzene rings is 3. The molecule has 1 heterocycles. The predicted molar refractivity (Wildman–Crippen MR) is 145 cm³/mol. The first-order valence-electron chi connectivity index (χ1n) is 12.7. The lowest BCUT2D eigenvalue weighted by Gasteiger charge is -2.22. The molecule has 5 rings (SSSR count). The Hall–Kier alpha value is -4.46. The predicted octanol–water partition coefficient (Wildman–Crippen LogP) is 5.71. The molecule has 3 aromatic carbocycles. The molecule has 4 aromatic rings. The first-order chi connectivity index (χ1) is 18.1. The Morgan fingerprint density at radius 1 is 0.757 bits per heavy atom. The average Bonchev–Trinajstić information content (AvgIpc) is 3.34. The van der Waals surface area contributed by atoms with Crippen molar-refractivity contribution in [3.05, 3.63) is 84.9 Å². The SMILES string of the molecule is O=C(Cn1nc(-c2ccc(NC(=O)Nc3ccccc3)cc2)nc1-c1ccccc1)NC1CCCCC1. The summed E-state index contributed by atoms with van der Waals surface area (Å²) in [6.07, 6.45) is 5.62. The van der Waals surface area contributed by atoms with E-state index in [0.29, 0.717) is 23.0 Å². The average molecular weight is 495 g/mol. The highest BCUT2D eigenvalue weighted by Crippen LogP contribution is 2.24. The van der Waals surface area contributed by atoms with Gasteiger partial charge in [0, 0.05) is 28.5 Å². The first-order valence-corrected chi connectivity index (χ1v) is 12.7. The van der Waals surface area contributed by atoms with Gasteiger partial charge >= 0.3 is 6.03 Å². The maximum Gasteiger partial charge on any atom is 0.323 e. The number of carbonyl (C=O) groups is 2. The molecule has 37 heavy (non-hydrogen) atoms. The summed E-state index contributed by atoms with van der Waals surface area (Å²) in [5.74, 6) is 1.10. The summed E-state index contributed by atoms with van der Waals surface area (Å²) in [4.78, 5) is 29.9. The molecule has 0 unspecified atom stereocenters. The van der Waals surface area contributed by atoms with Crippen molar-refractivity contribution in [3.63, 3.8) is 0 Å². The fourth-order valence-corrected chi connectivity index (χ4v) is 4.55. The summed E-state index contributed by atoms with van der Waals surface area (Å²) >= 11 is 0. The molecule has 1 aromatic heterocycles. The van der Waals surface area contributed by atoms with Gasteiger partial charge in [0.05, 0.1) is 0 Å². The molecule has 0 bridgehead atoms. The smallest absolute Gasteiger partial charge is 0.323 e. The van der Waals surface area contributed by atoms with Crippen LogP contribution in [0.1, 0.15) is 32.1 Å². The second-order valence-corrected chi connectivity index (χ2v) is 9.21. The molecule has 1 fully saturated rings. The van der Waals surface area contributed by atoms with Crippen LogP contribution in [0.25, 0.3) is 22.8 Å². The summed E-state index contributed by atoms with van der Waals surface area (Å²) < 4.78 is 1.67. The van der Waals surface area contributed by atoms with E-state index in [-0.39, 0.29) is 24.5 Å². The molecule has 1 aliphatic rings. The Kier molecular flexibility index (Phi) is 7.55. The van der Waals surface area contributed by atoms with E-state index in [2.05, 4.69) is 21.0 Å². The van der Waals surface area contributed by atoms with Crippen LogP contribution in [0.5, 0.6) is 0 Å². The van der Waals surface area contributed by atoms with Gasteiger partial charge in [-0.05, 0) is 49.2 Å². The van der Waals surface area contributed by atoms with Crippen molar-refractivity contribution in [2.45, 2.75) is 44.7 Å². The quantitative estimate of drug-likeness (QED) is 0.307. The number of hydrogen-bond acceptors (Lipinski definition) is 4. The van der Waals surface area contributed by atoms with E-state index in [4.69, 9.17) is 4.98 Å². The van der Waals surface area contributed by atoms with Crippen molar-refractivity contribution < 1.29 is 9.59 Å². The van der Waals surface area contributed by atoms with Crippen molar-refractivity contribution in [1.29, 1.82) is 0 Å². The molecule has 8 nitrogen and oxygen atoms in total. The van der Waals surface area contributed by atoms with Crippen LogP contribution in [0.3, 0.4) is 0 Å². The van der Waals surface area contributed by atoms with Gasteiger partial charge in [0.1, 0.15) is 6.54 Å². The molecule has 188 valence electrons. The fraction of sp³-hybridized carbons (Fsp3) is 0.241. The summed E-state index contributed by atoms with van der Waals surface area (Å²) in [7, 11) is 0. The standard InChI is InChI=1S/C29H30N6O2/c36-26(30-23-12-6-2-7-13-23)20-35-28(22-10-4-1-5-11-22)33-27(34-35)21-16-18-25(19-17-21)32-29(37)31-24-14-8-3-9-15-24/h1,3-5,8-11,14-19,23H,2,6-7,12-13,20H2,(H,30,36)(H2,31,32,37). The van der Waals surface area contributed by atoms with Gasteiger partial charge in [0.15, 0.2) is 11.6 Å². The van der Waals surface area contributed by atoms with Gasteiger partial charge in [-0.2, -0.15) is 0 Å². The molecule has 1 saturated carbocycles. The molecule has 0 saturated heterocycles. The van der Waals surface area contributed by atoms with E-state index in [9.17, 15) is 9.59 Å². The largest absolute Gasteiger partial charge is 0.352 e. The number of aromatic nitrogens is 3. The molecular formula is C29H30N6O2. The topological polar surface area (TPSA) is 101 Å². The molecule has 3 amide bonds. The minimum Gasteiger partial charge on any atom is -0.352 e. The second-order valence-electron chi connectivity index (χ2n) is 9.21.